The third-order valence-corrected chi connectivity index (χ3v) is 5.89. The molecule has 1 atom stereocenters. The fourth-order valence-electron chi connectivity index (χ4n) is 3.85. The van der Waals surface area contributed by atoms with E-state index in [0.717, 1.165) is 17.6 Å². The highest BCUT2D eigenvalue weighted by Gasteiger charge is 2.28. The Kier molecular flexibility index (Phi) is 6.07. The highest BCUT2D eigenvalue weighted by molar-refractivity contribution is 9.10. The van der Waals surface area contributed by atoms with Gasteiger partial charge in [0.05, 0.1) is 6.04 Å². The Labute approximate surface area is 178 Å². The summed E-state index contributed by atoms with van der Waals surface area (Å²) < 4.78 is 14.2. The fraction of sp³-hybridized carbons (Fsp3) is 0.208. The molecule has 0 aromatic heterocycles. The maximum atomic E-state index is 13.1. The van der Waals surface area contributed by atoms with Crippen LogP contribution in [-0.4, -0.2) is 41.9 Å². The molecule has 1 aliphatic rings. The van der Waals surface area contributed by atoms with Gasteiger partial charge in [0.2, 0.25) is 0 Å². The topological polar surface area (TPSA) is 23.6 Å². The summed E-state index contributed by atoms with van der Waals surface area (Å²) in [6.45, 7) is 2.86. The van der Waals surface area contributed by atoms with Crippen LogP contribution in [0.15, 0.2) is 83.3 Å². The van der Waals surface area contributed by atoms with Crippen LogP contribution in [0.25, 0.3) is 0 Å². The zero-order valence-corrected chi connectivity index (χ0v) is 17.6. The first kappa shape index (κ1) is 19.8. The first-order valence-electron chi connectivity index (χ1n) is 9.71. The lowest BCUT2D eigenvalue weighted by molar-refractivity contribution is 0.0597. The molecule has 4 rings (SSSR count). The fourth-order valence-corrected chi connectivity index (χ4v) is 4.12. The molecule has 29 heavy (non-hydrogen) atoms. The Morgan fingerprint density at radius 3 is 2.00 bits per heavy atom. The molecule has 3 nitrogen and oxygen atoms in total. The van der Waals surface area contributed by atoms with Gasteiger partial charge >= 0.3 is 0 Å². The quantitative estimate of drug-likeness (QED) is 0.547. The summed E-state index contributed by atoms with van der Waals surface area (Å²) in [5, 5.41) is 0. The molecule has 1 heterocycles. The van der Waals surface area contributed by atoms with Gasteiger partial charge in [-0.1, -0.05) is 58.4 Å². The van der Waals surface area contributed by atoms with E-state index >= 15 is 0 Å². The summed E-state index contributed by atoms with van der Waals surface area (Å²) in [5.41, 5.74) is 3.01. The second-order valence-corrected chi connectivity index (χ2v) is 8.12. The summed E-state index contributed by atoms with van der Waals surface area (Å²) in [5.74, 6) is -0.365. The molecule has 0 aliphatic carbocycles. The lowest BCUT2D eigenvalue weighted by Crippen LogP contribution is -2.49. The van der Waals surface area contributed by atoms with E-state index in [0.29, 0.717) is 18.7 Å². The minimum atomic E-state index is -0.327. The van der Waals surface area contributed by atoms with Gasteiger partial charge in [0.25, 0.3) is 5.91 Å². The second-order valence-electron chi connectivity index (χ2n) is 7.20. The van der Waals surface area contributed by atoms with E-state index in [1.54, 1.807) is 12.1 Å². The highest BCUT2D eigenvalue weighted by atomic mass is 79.9. The Hall–Kier alpha value is -2.50. The smallest absolute Gasteiger partial charge is 0.253 e. The zero-order valence-electron chi connectivity index (χ0n) is 16.0. The predicted octanol–water partition coefficient (Wildman–Crippen LogP) is 5.14. The third kappa shape index (κ3) is 4.57. The number of carbonyl (C=O) groups excluding carboxylic acids is 1. The molecular weight excluding hydrogens is 431 g/mol. The van der Waals surface area contributed by atoms with Crippen LogP contribution in [0.1, 0.15) is 27.5 Å². The summed E-state index contributed by atoms with van der Waals surface area (Å²) in [7, 11) is 0. The van der Waals surface area contributed by atoms with Crippen LogP contribution in [0.2, 0.25) is 0 Å². The number of nitrogens with zero attached hydrogens (tertiary/aromatic N) is 2. The molecule has 1 amide bonds. The Morgan fingerprint density at radius 2 is 1.38 bits per heavy atom. The summed E-state index contributed by atoms with van der Waals surface area (Å²) in [6, 6.07) is 24.8. The van der Waals surface area contributed by atoms with E-state index in [9.17, 15) is 9.18 Å². The van der Waals surface area contributed by atoms with Crippen LogP contribution in [0.4, 0.5) is 4.39 Å². The van der Waals surface area contributed by atoms with Crippen LogP contribution in [0, 0.1) is 5.82 Å². The number of halogens is 2. The molecule has 0 N–H and O–H groups in total. The van der Waals surface area contributed by atoms with Crippen LogP contribution in [-0.2, 0) is 0 Å². The number of carbonyl (C=O) groups is 1. The monoisotopic (exact) mass is 452 g/mol. The van der Waals surface area contributed by atoms with Gasteiger partial charge in [0.15, 0.2) is 0 Å². The van der Waals surface area contributed by atoms with Gasteiger partial charge in [-0.05, 0) is 47.5 Å². The molecule has 0 bridgehead atoms. The molecule has 5 heteroatoms. The van der Waals surface area contributed by atoms with E-state index in [-0.39, 0.29) is 17.8 Å². The maximum absolute atomic E-state index is 13.1. The van der Waals surface area contributed by atoms with E-state index in [1.807, 2.05) is 11.0 Å². The van der Waals surface area contributed by atoms with Crippen molar-refractivity contribution in [2.24, 2.45) is 0 Å². The van der Waals surface area contributed by atoms with E-state index in [4.69, 9.17) is 0 Å². The lowest BCUT2D eigenvalue weighted by Gasteiger charge is -2.39. The van der Waals surface area contributed by atoms with Gasteiger partial charge < -0.3 is 4.90 Å². The predicted molar refractivity (Wildman–Crippen MR) is 116 cm³/mol. The number of amides is 1. The molecule has 1 aliphatic heterocycles. The average Bonchev–Trinajstić information content (AvgIpc) is 2.77. The molecule has 3 aromatic carbocycles. The van der Waals surface area contributed by atoms with Crippen molar-refractivity contribution in [2.75, 3.05) is 26.2 Å². The molecule has 1 unspecified atom stereocenters. The van der Waals surface area contributed by atoms with Crippen molar-refractivity contribution in [3.05, 3.63) is 106 Å². The summed E-state index contributed by atoms with van der Waals surface area (Å²) >= 11 is 3.52. The van der Waals surface area contributed by atoms with Crippen molar-refractivity contribution in [1.82, 2.24) is 9.80 Å². The summed E-state index contributed by atoms with van der Waals surface area (Å²) in [6.07, 6.45) is 0. The van der Waals surface area contributed by atoms with Gasteiger partial charge in [-0.3, -0.25) is 9.69 Å². The number of hydrogen-bond acceptors (Lipinski definition) is 2. The SMILES string of the molecule is O=C(c1ccc(F)cc1)N1CCN(C(c2ccccc2)c2ccc(Br)cc2)CC1. The normalized spacial score (nSPS) is 15.9. The van der Waals surface area contributed by atoms with Crippen LogP contribution in [0.5, 0.6) is 0 Å². The molecule has 0 radical (unpaired) electrons. The first-order valence-corrected chi connectivity index (χ1v) is 10.5. The molecular formula is C24H22BrFN2O. The van der Waals surface area contributed by atoms with Gasteiger partial charge in [-0.25, -0.2) is 4.39 Å². The second kappa shape index (κ2) is 8.89. The Balaban J connectivity index is 1.51. The largest absolute Gasteiger partial charge is 0.336 e. The zero-order chi connectivity index (χ0) is 20.2. The molecule has 0 saturated carbocycles. The molecule has 3 aromatic rings. The minimum Gasteiger partial charge on any atom is -0.336 e. The van der Waals surface area contributed by atoms with Crippen LogP contribution >= 0.6 is 15.9 Å². The van der Waals surface area contributed by atoms with Gasteiger partial charge in [0.1, 0.15) is 5.82 Å². The maximum Gasteiger partial charge on any atom is 0.253 e. The van der Waals surface area contributed by atoms with Gasteiger partial charge in [0, 0.05) is 36.2 Å². The number of piperazine rings is 1. The van der Waals surface area contributed by atoms with Crippen molar-refractivity contribution in [3.8, 4) is 0 Å². The van der Waals surface area contributed by atoms with Crippen LogP contribution in [0.3, 0.4) is 0 Å². The van der Waals surface area contributed by atoms with Gasteiger partial charge in [-0.15, -0.1) is 0 Å². The number of rotatable bonds is 4. The van der Waals surface area contributed by atoms with E-state index in [2.05, 4.69) is 69.4 Å². The number of hydrogen-bond donors (Lipinski definition) is 0. The van der Waals surface area contributed by atoms with Gasteiger partial charge in [-0.2, -0.15) is 0 Å². The Bertz CT molecular complexity index is 952. The van der Waals surface area contributed by atoms with Crippen molar-refractivity contribution in [2.45, 2.75) is 6.04 Å². The molecule has 1 fully saturated rings. The molecule has 148 valence electrons. The van der Waals surface area contributed by atoms with Crippen molar-refractivity contribution < 1.29 is 9.18 Å². The van der Waals surface area contributed by atoms with E-state index in [1.165, 1.54) is 23.3 Å². The van der Waals surface area contributed by atoms with E-state index < -0.39 is 0 Å². The van der Waals surface area contributed by atoms with Crippen molar-refractivity contribution in [1.29, 1.82) is 0 Å². The standard InChI is InChI=1S/C24H22BrFN2O/c25-21-10-6-19(7-11-21)23(18-4-2-1-3-5-18)27-14-16-28(17-15-27)24(29)20-8-12-22(26)13-9-20/h1-13,23H,14-17H2. The third-order valence-electron chi connectivity index (χ3n) is 5.36. The molecule has 0 spiro atoms. The first-order chi connectivity index (χ1) is 14.1. The van der Waals surface area contributed by atoms with Crippen molar-refractivity contribution >= 4 is 21.8 Å². The number of benzene rings is 3. The van der Waals surface area contributed by atoms with Crippen molar-refractivity contribution in [3.63, 3.8) is 0 Å². The van der Waals surface area contributed by atoms with Crippen LogP contribution < -0.4 is 0 Å². The average molecular weight is 453 g/mol. The minimum absolute atomic E-state index is 0.0375. The summed E-state index contributed by atoms with van der Waals surface area (Å²) in [4.78, 5) is 17.0. The lowest BCUT2D eigenvalue weighted by atomic mass is 9.96. The Morgan fingerprint density at radius 1 is 0.793 bits per heavy atom. The highest BCUT2D eigenvalue weighted by Crippen LogP contribution is 2.30. The molecule has 1 saturated heterocycles.